The van der Waals surface area contributed by atoms with Crippen LogP contribution in [0, 0.1) is 5.92 Å². The highest BCUT2D eigenvalue weighted by Gasteiger charge is 2.22. The molecule has 3 rings (SSSR count). The largest absolute Gasteiger partial charge is 0.294 e. The number of ketones is 1. The summed E-state index contributed by atoms with van der Waals surface area (Å²) in [6, 6.07) is 7.85. The number of hydrogen-bond donors (Lipinski definition) is 0. The number of carbonyl (C=O) groups is 1. The molecule has 2 aliphatic rings. The molecular formula is C16H13ClO. The Balaban J connectivity index is 2.05. The van der Waals surface area contributed by atoms with Gasteiger partial charge in [-0.25, -0.2) is 0 Å². The zero-order valence-electron chi connectivity index (χ0n) is 9.90. The predicted molar refractivity (Wildman–Crippen MR) is 73.7 cm³/mol. The molecule has 0 N–H and O–H groups in total. The Kier molecular flexibility index (Phi) is 2.92. The van der Waals surface area contributed by atoms with Crippen LogP contribution in [0.5, 0.6) is 0 Å². The molecule has 0 aliphatic heterocycles. The van der Waals surface area contributed by atoms with Crippen LogP contribution in [0.2, 0.25) is 0 Å². The number of hydrogen-bond acceptors (Lipinski definition) is 1. The molecule has 2 aliphatic carbocycles. The van der Waals surface area contributed by atoms with Gasteiger partial charge in [-0.2, -0.15) is 0 Å². The molecule has 0 aromatic heterocycles. The molecule has 0 saturated heterocycles. The first-order valence-electron chi connectivity index (χ1n) is 6.10. The van der Waals surface area contributed by atoms with Gasteiger partial charge in [0, 0.05) is 22.9 Å². The molecule has 0 radical (unpaired) electrons. The van der Waals surface area contributed by atoms with Crippen LogP contribution in [0.3, 0.4) is 0 Å². The third-order valence-corrected chi connectivity index (χ3v) is 3.74. The quantitative estimate of drug-likeness (QED) is 0.684. The van der Waals surface area contributed by atoms with E-state index < -0.39 is 0 Å². The molecule has 0 heterocycles. The highest BCUT2D eigenvalue weighted by molar-refractivity contribution is 6.31. The lowest BCUT2D eigenvalue weighted by Crippen LogP contribution is -2.14. The van der Waals surface area contributed by atoms with Gasteiger partial charge in [-0.1, -0.05) is 48.0 Å². The molecule has 1 atom stereocenters. The Morgan fingerprint density at radius 2 is 2.06 bits per heavy atom. The minimum atomic E-state index is 0.174. The summed E-state index contributed by atoms with van der Waals surface area (Å²) >= 11 is 6.02. The van der Waals surface area contributed by atoms with Crippen molar-refractivity contribution in [2.24, 2.45) is 5.92 Å². The zero-order valence-corrected chi connectivity index (χ0v) is 10.7. The Hall–Kier alpha value is -1.60. The monoisotopic (exact) mass is 256 g/mol. The fraction of sp³-hybridized carbons (Fsp3) is 0.188. The van der Waals surface area contributed by atoms with Crippen molar-refractivity contribution >= 4 is 17.4 Å². The maximum Gasteiger partial charge on any atom is 0.164 e. The highest BCUT2D eigenvalue weighted by Crippen LogP contribution is 2.30. The van der Waals surface area contributed by atoms with E-state index in [1.807, 2.05) is 42.5 Å². The van der Waals surface area contributed by atoms with E-state index in [0.717, 1.165) is 28.2 Å². The molecule has 1 unspecified atom stereocenters. The van der Waals surface area contributed by atoms with E-state index in [0.29, 0.717) is 6.42 Å². The molecule has 0 fully saturated rings. The van der Waals surface area contributed by atoms with Gasteiger partial charge in [-0.05, 0) is 29.7 Å². The van der Waals surface area contributed by atoms with Gasteiger partial charge in [0.2, 0.25) is 0 Å². The second-order valence-electron chi connectivity index (χ2n) is 4.69. The first kappa shape index (κ1) is 11.5. The molecule has 1 aromatic carbocycles. The number of halogens is 1. The van der Waals surface area contributed by atoms with Crippen molar-refractivity contribution in [2.45, 2.75) is 12.8 Å². The maximum absolute atomic E-state index is 12.3. The fourth-order valence-corrected chi connectivity index (χ4v) is 2.74. The molecule has 90 valence electrons. The number of fused-ring (bicyclic) bond motifs is 2. The molecule has 0 amide bonds. The van der Waals surface area contributed by atoms with E-state index >= 15 is 0 Å². The van der Waals surface area contributed by atoms with Crippen molar-refractivity contribution in [2.75, 3.05) is 0 Å². The first-order valence-corrected chi connectivity index (χ1v) is 6.48. The molecule has 2 heteroatoms. The minimum absolute atomic E-state index is 0.174. The average molecular weight is 257 g/mol. The van der Waals surface area contributed by atoms with Gasteiger partial charge < -0.3 is 0 Å². The summed E-state index contributed by atoms with van der Waals surface area (Å²) < 4.78 is 0. The van der Waals surface area contributed by atoms with Crippen LogP contribution >= 0.6 is 11.6 Å². The number of rotatable bonds is 0. The summed E-state index contributed by atoms with van der Waals surface area (Å²) in [6.07, 6.45) is 9.38. The second kappa shape index (κ2) is 4.58. The summed E-state index contributed by atoms with van der Waals surface area (Å²) in [7, 11) is 0. The van der Waals surface area contributed by atoms with E-state index in [2.05, 4.69) is 6.08 Å². The van der Waals surface area contributed by atoms with Gasteiger partial charge in [0.05, 0.1) is 0 Å². The van der Waals surface area contributed by atoms with Crippen LogP contribution in [0.15, 0.2) is 59.2 Å². The first-order chi connectivity index (χ1) is 8.74. The van der Waals surface area contributed by atoms with Gasteiger partial charge in [-0.15, -0.1) is 0 Å². The van der Waals surface area contributed by atoms with Crippen molar-refractivity contribution in [1.82, 2.24) is 0 Å². The molecule has 0 bridgehead atoms. The SMILES string of the molecule is O=C1CC2C=CC(Cl)=C/C2=C/Cc2ccccc21. The third-order valence-electron chi connectivity index (χ3n) is 3.50. The third kappa shape index (κ3) is 2.06. The van der Waals surface area contributed by atoms with Crippen LogP contribution in [-0.2, 0) is 6.42 Å². The Morgan fingerprint density at radius 1 is 1.22 bits per heavy atom. The van der Waals surface area contributed by atoms with Gasteiger partial charge in [0.15, 0.2) is 5.78 Å². The van der Waals surface area contributed by atoms with Gasteiger partial charge in [0.1, 0.15) is 0 Å². The lowest BCUT2D eigenvalue weighted by atomic mass is 9.83. The van der Waals surface area contributed by atoms with Crippen LogP contribution in [0.25, 0.3) is 0 Å². The minimum Gasteiger partial charge on any atom is -0.294 e. The van der Waals surface area contributed by atoms with E-state index in [1.165, 1.54) is 0 Å². The van der Waals surface area contributed by atoms with Crippen LogP contribution < -0.4 is 0 Å². The summed E-state index contributed by atoms with van der Waals surface area (Å²) in [5.41, 5.74) is 3.12. The molecular weight excluding hydrogens is 244 g/mol. The molecule has 18 heavy (non-hydrogen) atoms. The van der Waals surface area contributed by atoms with E-state index in [4.69, 9.17) is 11.6 Å². The van der Waals surface area contributed by atoms with Gasteiger partial charge in [0.25, 0.3) is 0 Å². The van der Waals surface area contributed by atoms with E-state index in [1.54, 1.807) is 0 Å². The van der Waals surface area contributed by atoms with Crippen LogP contribution in [0.4, 0.5) is 0 Å². The highest BCUT2D eigenvalue weighted by atomic mass is 35.5. The maximum atomic E-state index is 12.3. The number of allylic oxidation sites excluding steroid dienone is 6. The topological polar surface area (TPSA) is 17.1 Å². The van der Waals surface area contributed by atoms with Gasteiger partial charge in [-0.3, -0.25) is 4.79 Å². The fourth-order valence-electron chi connectivity index (χ4n) is 2.54. The van der Waals surface area contributed by atoms with Crippen molar-refractivity contribution in [3.8, 4) is 0 Å². The second-order valence-corrected chi connectivity index (χ2v) is 5.12. The predicted octanol–water partition coefficient (Wildman–Crippen LogP) is 4.05. The van der Waals surface area contributed by atoms with Crippen molar-refractivity contribution < 1.29 is 4.79 Å². The molecule has 1 nitrogen and oxygen atoms in total. The smallest absolute Gasteiger partial charge is 0.164 e. The van der Waals surface area contributed by atoms with Crippen molar-refractivity contribution in [3.05, 3.63) is 70.3 Å². The number of Topliss-reactive ketones (excluding diaryl/α,β-unsaturated/α-hetero) is 1. The van der Waals surface area contributed by atoms with Crippen molar-refractivity contribution in [1.29, 1.82) is 0 Å². The van der Waals surface area contributed by atoms with Crippen LogP contribution in [-0.4, -0.2) is 5.78 Å². The Bertz CT molecular complexity index is 593. The van der Waals surface area contributed by atoms with Gasteiger partial charge >= 0.3 is 0 Å². The molecule has 0 saturated carbocycles. The lowest BCUT2D eigenvalue weighted by molar-refractivity contribution is 0.0972. The average Bonchev–Trinajstić information content (AvgIpc) is 2.37. The lowest BCUT2D eigenvalue weighted by Gasteiger charge is -2.21. The standard InChI is InChI=1S/C16H13ClO/c17-14-8-7-13-10-16(18)15-4-2-1-3-11(15)5-6-12(13)9-14/h1-4,6-9,13H,5,10H2/b12-6-. The Morgan fingerprint density at radius 3 is 2.94 bits per heavy atom. The van der Waals surface area contributed by atoms with E-state index in [-0.39, 0.29) is 11.7 Å². The van der Waals surface area contributed by atoms with Crippen molar-refractivity contribution in [3.63, 3.8) is 0 Å². The summed E-state index contributed by atoms with van der Waals surface area (Å²) in [4.78, 5) is 12.3. The zero-order chi connectivity index (χ0) is 12.5. The summed E-state index contributed by atoms with van der Waals surface area (Å²) in [5, 5.41) is 0.735. The number of benzene rings is 1. The van der Waals surface area contributed by atoms with Crippen LogP contribution in [0.1, 0.15) is 22.3 Å². The Labute approximate surface area is 111 Å². The summed E-state index contributed by atoms with van der Waals surface area (Å²) in [6.45, 7) is 0. The number of carbonyl (C=O) groups excluding carboxylic acids is 1. The normalized spacial score (nSPS) is 25.2. The molecule has 1 aromatic rings. The molecule has 0 spiro atoms. The summed E-state index contributed by atoms with van der Waals surface area (Å²) in [5.74, 6) is 0.394. The van der Waals surface area contributed by atoms with E-state index in [9.17, 15) is 4.79 Å².